The van der Waals surface area contributed by atoms with E-state index in [1.807, 2.05) is 0 Å². The standard InChI is InChI=1S/C7H10O3/c1-4-3-6(5(2)8)10-7(4)9/h5-6,8H,1,3H2,2H3/t5-,6-/m0/s1. The molecule has 0 radical (unpaired) electrons. The van der Waals surface area contributed by atoms with E-state index >= 15 is 0 Å². The maximum Gasteiger partial charge on any atom is 0.333 e. The summed E-state index contributed by atoms with van der Waals surface area (Å²) in [6.07, 6.45) is -0.514. The number of aliphatic hydroxyl groups excluding tert-OH is 1. The van der Waals surface area contributed by atoms with Gasteiger partial charge in [0.1, 0.15) is 6.10 Å². The van der Waals surface area contributed by atoms with Crippen LogP contribution in [0, 0.1) is 0 Å². The molecule has 0 aromatic heterocycles. The number of aliphatic hydroxyl groups is 1. The van der Waals surface area contributed by atoms with Gasteiger partial charge in [-0.15, -0.1) is 0 Å². The normalized spacial score (nSPS) is 28.4. The van der Waals surface area contributed by atoms with Crippen molar-refractivity contribution >= 4 is 5.97 Å². The first kappa shape index (κ1) is 7.28. The van der Waals surface area contributed by atoms with Crippen molar-refractivity contribution < 1.29 is 14.6 Å². The van der Waals surface area contributed by atoms with Gasteiger partial charge in [-0.25, -0.2) is 4.79 Å². The predicted molar refractivity (Wildman–Crippen MR) is 35.3 cm³/mol. The number of esters is 1. The number of ether oxygens (including phenoxy) is 1. The molecule has 0 aromatic carbocycles. The van der Waals surface area contributed by atoms with Gasteiger partial charge >= 0.3 is 5.97 Å². The van der Waals surface area contributed by atoms with Gasteiger partial charge < -0.3 is 9.84 Å². The first-order valence-electron chi connectivity index (χ1n) is 3.18. The summed E-state index contributed by atoms with van der Waals surface area (Å²) in [5, 5.41) is 8.97. The van der Waals surface area contributed by atoms with Crippen LogP contribution in [-0.4, -0.2) is 23.3 Å². The van der Waals surface area contributed by atoms with Gasteiger partial charge in [0.2, 0.25) is 0 Å². The molecule has 0 spiro atoms. The summed E-state index contributed by atoms with van der Waals surface area (Å²) in [5.74, 6) is -0.383. The van der Waals surface area contributed by atoms with E-state index in [1.165, 1.54) is 0 Å². The Bertz CT molecular complexity index is 156. The van der Waals surface area contributed by atoms with Gasteiger partial charge in [-0.2, -0.15) is 0 Å². The van der Waals surface area contributed by atoms with E-state index in [0.717, 1.165) is 0 Å². The molecule has 56 valence electrons. The van der Waals surface area contributed by atoms with E-state index in [0.29, 0.717) is 12.0 Å². The van der Waals surface area contributed by atoms with Crippen LogP contribution in [0.5, 0.6) is 0 Å². The molecule has 1 heterocycles. The lowest BCUT2D eigenvalue weighted by molar-refractivity contribution is -0.142. The molecule has 0 saturated carbocycles. The lowest BCUT2D eigenvalue weighted by Gasteiger charge is -2.10. The highest BCUT2D eigenvalue weighted by Crippen LogP contribution is 2.20. The minimum Gasteiger partial charge on any atom is -0.456 e. The van der Waals surface area contributed by atoms with Crippen molar-refractivity contribution in [3.8, 4) is 0 Å². The van der Waals surface area contributed by atoms with Crippen LogP contribution in [0.3, 0.4) is 0 Å². The van der Waals surface area contributed by atoms with Crippen molar-refractivity contribution in [1.29, 1.82) is 0 Å². The number of rotatable bonds is 1. The zero-order valence-corrected chi connectivity index (χ0v) is 5.83. The van der Waals surface area contributed by atoms with E-state index < -0.39 is 6.10 Å². The lowest BCUT2D eigenvalue weighted by Crippen LogP contribution is -2.21. The van der Waals surface area contributed by atoms with Crippen LogP contribution in [0.15, 0.2) is 12.2 Å². The highest BCUT2D eigenvalue weighted by molar-refractivity contribution is 5.89. The number of hydrogen-bond donors (Lipinski definition) is 1. The molecule has 0 bridgehead atoms. The topological polar surface area (TPSA) is 46.5 Å². The second-order valence-electron chi connectivity index (χ2n) is 2.49. The van der Waals surface area contributed by atoms with Gasteiger partial charge in [-0.1, -0.05) is 6.58 Å². The highest BCUT2D eigenvalue weighted by atomic mass is 16.6. The molecule has 10 heavy (non-hydrogen) atoms. The van der Waals surface area contributed by atoms with Gasteiger partial charge in [0, 0.05) is 12.0 Å². The van der Waals surface area contributed by atoms with E-state index in [2.05, 4.69) is 6.58 Å². The number of carbonyl (C=O) groups excluding carboxylic acids is 1. The molecule has 2 atom stereocenters. The van der Waals surface area contributed by atoms with Gasteiger partial charge in [0.15, 0.2) is 0 Å². The zero-order valence-electron chi connectivity index (χ0n) is 5.83. The van der Waals surface area contributed by atoms with E-state index in [4.69, 9.17) is 9.84 Å². The summed E-state index contributed by atoms with van der Waals surface area (Å²) < 4.78 is 4.75. The fraction of sp³-hybridized carbons (Fsp3) is 0.571. The Morgan fingerprint density at radius 3 is 2.70 bits per heavy atom. The zero-order chi connectivity index (χ0) is 7.72. The Morgan fingerprint density at radius 2 is 2.50 bits per heavy atom. The van der Waals surface area contributed by atoms with Crippen molar-refractivity contribution in [3.63, 3.8) is 0 Å². The summed E-state index contributed by atoms with van der Waals surface area (Å²) in [6, 6.07) is 0. The monoisotopic (exact) mass is 142 g/mol. The average molecular weight is 142 g/mol. The molecule has 3 heteroatoms. The minimum absolute atomic E-state index is 0.375. The van der Waals surface area contributed by atoms with Gasteiger partial charge in [-0.05, 0) is 6.92 Å². The van der Waals surface area contributed by atoms with Gasteiger partial charge in [0.05, 0.1) is 6.10 Å². The molecule has 3 nitrogen and oxygen atoms in total. The molecule has 1 N–H and O–H groups in total. The maximum atomic E-state index is 10.7. The van der Waals surface area contributed by atoms with E-state index in [1.54, 1.807) is 6.92 Å². The average Bonchev–Trinajstić information content (AvgIpc) is 2.13. The summed E-state index contributed by atoms with van der Waals surface area (Å²) >= 11 is 0. The van der Waals surface area contributed by atoms with E-state index in [9.17, 15) is 4.79 Å². The molecule has 0 aromatic rings. The number of cyclic esters (lactones) is 1. The third-order valence-electron chi connectivity index (χ3n) is 1.53. The van der Waals surface area contributed by atoms with Crippen LogP contribution in [0.25, 0.3) is 0 Å². The van der Waals surface area contributed by atoms with Crippen molar-refractivity contribution in [2.45, 2.75) is 25.6 Å². The largest absolute Gasteiger partial charge is 0.456 e. The van der Waals surface area contributed by atoms with Crippen LogP contribution in [0.2, 0.25) is 0 Å². The Balaban J connectivity index is 2.57. The maximum absolute atomic E-state index is 10.7. The smallest absolute Gasteiger partial charge is 0.333 e. The van der Waals surface area contributed by atoms with Crippen molar-refractivity contribution in [2.75, 3.05) is 0 Å². The molecule has 1 saturated heterocycles. The van der Waals surface area contributed by atoms with Gasteiger partial charge in [-0.3, -0.25) is 0 Å². The summed E-state index contributed by atoms with van der Waals surface area (Å²) in [5.41, 5.74) is 0.450. The molecule has 0 aliphatic carbocycles. The first-order valence-corrected chi connectivity index (χ1v) is 3.18. The van der Waals surface area contributed by atoms with Crippen molar-refractivity contribution in [1.82, 2.24) is 0 Å². The predicted octanol–water partition coefficient (Wildman–Crippen LogP) is 0.239. The number of hydrogen-bond acceptors (Lipinski definition) is 3. The molecule has 0 amide bonds. The molecular weight excluding hydrogens is 132 g/mol. The second kappa shape index (κ2) is 2.42. The molecule has 1 aliphatic rings. The Morgan fingerprint density at radius 1 is 1.90 bits per heavy atom. The molecule has 0 unspecified atom stereocenters. The fourth-order valence-corrected chi connectivity index (χ4v) is 0.858. The first-order chi connectivity index (χ1) is 4.61. The van der Waals surface area contributed by atoms with Gasteiger partial charge in [0.25, 0.3) is 0 Å². The molecule has 1 fully saturated rings. The molecule has 1 aliphatic heterocycles. The minimum atomic E-state index is -0.594. The van der Waals surface area contributed by atoms with Crippen LogP contribution in [-0.2, 0) is 9.53 Å². The summed E-state index contributed by atoms with van der Waals surface area (Å²) in [4.78, 5) is 10.7. The summed E-state index contributed by atoms with van der Waals surface area (Å²) in [7, 11) is 0. The van der Waals surface area contributed by atoms with Crippen LogP contribution < -0.4 is 0 Å². The van der Waals surface area contributed by atoms with Crippen molar-refractivity contribution in [3.05, 3.63) is 12.2 Å². The Hall–Kier alpha value is -0.830. The third-order valence-corrected chi connectivity index (χ3v) is 1.53. The Kier molecular flexibility index (Phi) is 1.76. The van der Waals surface area contributed by atoms with Crippen LogP contribution >= 0.6 is 0 Å². The van der Waals surface area contributed by atoms with Crippen molar-refractivity contribution in [2.24, 2.45) is 0 Å². The molecular formula is C7H10O3. The number of carbonyl (C=O) groups is 1. The van der Waals surface area contributed by atoms with E-state index in [-0.39, 0.29) is 12.1 Å². The lowest BCUT2D eigenvalue weighted by atomic mass is 10.1. The molecule has 1 rings (SSSR count). The quantitative estimate of drug-likeness (QED) is 0.421. The SMILES string of the molecule is C=C1C[C@@H]([C@H](C)O)OC1=O. The van der Waals surface area contributed by atoms with Crippen LogP contribution in [0.4, 0.5) is 0 Å². The summed E-state index contributed by atoms with van der Waals surface area (Å²) in [6.45, 7) is 5.08. The Labute approximate surface area is 59.3 Å². The highest BCUT2D eigenvalue weighted by Gasteiger charge is 2.30. The second-order valence-corrected chi connectivity index (χ2v) is 2.49. The third kappa shape index (κ3) is 1.19. The fourth-order valence-electron chi connectivity index (χ4n) is 0.858. The van der Waals surface area contributed by atoms with Crippen LogP contribution in [0.1, 0.15) is 13.3 Å².